The number of sulfonamides is 1. The Morgan fingerprint density at radius 3 is 2.70 bits per heavy atom. The molecule has 0 unspecified atom stereocenters. The van der Waals surface area contributed by atoms with Gasteiger partial charge >= 0.3 is 0 Å². The lowest BCUT2D eigenvalue weighted by Gasteiger charge is -2.33. The average molecular weight is 404 g/mol. The lowest BCUT2D eigenvalue weighted by molar-refractivity contribution is 0.210. The molecule has 1 aliphatic carbocycles. The number of hydrogen-bond donors (Lipinski definition) is 1. The van der Waals surface area contributed by atoms with Gasteiger partial charge in [0.15, 0.2) is 0 Å². The monoisotopic (exact) mass is 403 g/mol. The van der Waals surface area contributed by atoms with Gasteiger partial charge in [-0.1, -0.05) is 26.8 Å². The highest BCUT2D eigenvalue weighted by atomic mass is 32.2. The van der Waals surface area contributed by atoms with Crippen molar-refractivity contribution in [3.05, 3.63) is 46.5 Å². The summed E-state index contributed by atoms with van der Waals surface area (Å²) in [5, 5.41) is 2.80. The van der Waals surface area contributed by atoms with E-state index < -0.39 is 10.0 Å². The summed E-state index contributed by atoms with van der Waals surface area (Å²) in [6.07, 6.45) is 3.06. The Hall–Kier alpha value is -1.79. The van der Waals surface area contributed by atoms with E-state index in [-0.39, 0.29) is 5.41 Å². The summed E-state index contributed by atoms with van der Waals surface area (Å²) in [6.45, 7) is 8.77. The van der Waals surface area contributed by atoms with Crippen molar-refractivity contribution < 1.29 is 12.8 Å². The fraction of sp³-hybridized carbons (Fsp3) is 0.429. The van der Waals surface area contributed by atoms with Gasteiger partial charge in [0.05, 0.1) is 5.69 Å². The van der Waals surface area contributed by atoms with Crippen LogP contribution in [0.15, 0.2) is 38.3 Å². The van der Waals surface area contributed by atoms with E-state index in [9.17, 15) is 8.42 Å². The van der Waals surface area contributed by atoms with Crippen molar-refractivity contribution in [2.24, 2.45) is 11.3 Å². The van der Waals surface area contributed by atoms with Crippen LogP contribution >= 0.6 is 11.3 Å². The first-order chi connectivity index (χ1) is 12.6. The number of benzene rings is 1. The molecule has 2 heterocycles. The van der Waals surface area contributed by atoms with Crippen molar-refractivity contribution in [2.45, 2.75) is 51.2 Å². The molecule has 0 fully saturated rings. The SMILES string of the molecule is Cc1cc2oc3c(c2cc1NS(=O)(=O)c1cccs1)C[C@@H](C(C)(C)C)CC3. The Labute approximate surface area is 164 Å². The quantitative estimate of drug-likeness (QED) is 0.605. The van der Waals surface area contributed by atoms with E-state index in [1.165, 1.54) is 16.9 Å². The number of thiophene rings is 1. The topological polar surface area (TPSA) is 59.3 Å². The first kappa shape index (κ1) is 18.6. The molecule has 0 saturated heterocycles. The zero-order chi connectivity index (χ0) is 19.4. The van der Waals surface area contributed by atoms with Crippen molar-refractivity contribution in [3.8, 4) is 0 Å². The van der Waals surface area contributed by atoms with Crippen LogP contribution in [-0.2, 0) is 22.9 Å². The Morgan fingerprint density at radius 1 is 1.26 bits per heavy atom. The van der Waals surface area contributed by atoms with Gasteiger partial charge < -0.3 is 4.42 Å². The van der Waals surface area contributed by atoms with Crippen LogP contribution in [0.4, 0.5) is 5.69 Å². The minimum atomic E-state index is -3.56. The predicted octanol–water partition coefficient (Wildman–Crippen LogP) is 5.75. The molecule has 0 aliphatic heterocycles. The number of aryl methyl sites for hydroxylation is 2. The third-order valence-electron chi connectivity index (χ3n) is 5.62. The minimum absolute atomic E-state index is 0.246. The Bertz CT molecular complexity index is 1090. The number of furan rings is 1. The molecule has 6 heteroatoms. The molecule has 2 aromatic heterocycles. The summed E-state index contributed by atoms with van der Waals surface area (Å²) in [5.41, 5.74) is 3.83. The smallest absolute Gasteiger partial charge is 0.271 e. The highest BCUT2D eigenvalue weighted by Gasteiger charge is 2.32. The summed E-state index contributed by atoms with van der Waals surface area (Å²) in [5.74, 6) is 1.65. The van der Waals surface area contributed by atoms with Gasteiger partial charge in [0, 0.05) is 17.4 Å². The molecular formula is C21H25NO3S2. The summed E-state index contributed by atoms with van der Waals surface area (Å²) >= 11 is 1.22. The third-order valence-corrected chi connectivity index (χ3v) is 8.38. The van der Waals surface area contributed by atoms with Crippen LogP contribution in [-0.4, -0.2) is 8.42 Å². The first-order valence-corrected chi connectivity index (χ1v) is 11.6. The van der Waals surface area contributed by atoms with Gasteiger partial charge in [-0.05, 0) is 60.2 Å². The molecule has 1 atom stereocenters. The molecule has 3 aromatic rings. The molecule has 0 amide bonds. The molecule has 0 spiro atoms. The highest BCUT2D eigenvalue weighted by Crippen LogP contribution is 2.42. The van der Waals surface area contributed by atoms with Gasteiger partial charge in [0.25, 0.3) is 10.0 Å². The van der Waals surface area contributed by atoms with Gasteiger partial charge in [-0.25, -0.2) is 8.42 Å². The Morgan fingerprint density at radius 2 is 2.04 bits per heavy atom. The van der Waals surface area contributed by atoms with E-state index in [1.54, 1.807) is 17.5 Å². The van der Waals surface area contributed by atoms with E-state index in [2.05, 4.69) is 25.5 Å². The van der Waals surface area contributed by atoms with Crippen LogP contribution < -0.4 is 4.72 Å². The standard InChI is InChI=1S/C21H25NO3S2/c1-13-10-19-16(12-17(13)22-27(23,24)20-6-5-9-26-20)15-11-14(21(2,3)4)7-8-18(15)25-19/h5-6,9-10,12,14,22H,7-8,11H2,1-4H3/t14-/m0/s1. The molecule has 0 bridgehead atoms. The second kappa shape index (κ2) is 6.38. The van der Waals surface area contributed by atoms with Gasteiger partial charge in [-0.15, -0.1) is 11.3 Å². The summed E-state index contributed by atoms with van der Waals surface area (Å²) in [6, 6.07) is 7.26. The van der Waals surface area contributed by atoms with Crippen molar-refractivity contribution in [1.29, 1.82) is 0 Å². The fourth-order valence-corrected chi connectivity index (χ4v) is 6.00. The first-order valence-electron chi connectivity index (χ1n) is 9.26. The van der Waals surface area contributed by atoms with Gasteiger partial charge in [0.1, 0.15) is 15.6 Å². The second-order valence-electron chi connectivity index (χ2n) is 8.51. The fourth-order valence-electron chi connectivity index (χ4n) is 3.89. The maximum absolute atomic E-state index is 12.6. The molecule has 0 radical (unpaired) electrons. The number of anilines is 1. The van der Waals surface area contributed by atoms with E-state index in [4.69, 9.17) is 4.42 Å². The van der Waals surface area contributed by atoms with Crippen LogP contribution in [0.5, 0.6) is 0 Å². The minimum Gasteiger partial charge on any atom is -0.461 e. The van der Waals surface area contributed by atoms with Crippen LogP contribution in [0.1, 0.15) is 44.1 Å². The number of nitrogens with one attached hydrogen (secondary N) is 1. The molecule has 0 saturated carbocycles. The molecule has 4 nitrogen and oxygen atoms in total. The van der Waals surface area contributed by atoms with E-state index in [0.717, 1.165) is 41.6 Å². The van der Waals surface area contributed by atoms with Crippen LogP contribution in [0, 0.1) is 18.3 Å². The zero-order valence-corrected chi connectivity index (χ0v) is 17.8. The molecule has 27 heavy (non-hydrogen) atoms. The average Bonchev–Trinajstić information content (AvgIpc) is 3.22. The molecule has 144 valence electrons. The van der Waals surface area contributed by atoms with Crippen molar-refractivity contribution in [1.82, 2.24) is 0 Å². The molecular weight excluding hydrogens is 378 g/mol. The van der Waals surface area contributed by atoms with Crippen molar-refractivity contribution in [3.63, 3.8) is 0 Å². The molecule has 1 N–H and O–H groups in total. The number of hydrogen-bond acceptors (Lipinski definition) is 4. The second-order valence-corrected chi connectivity index (χ2v) is 11.4. The van der Waals surface area contributed by atoms with Gasteiger partial charge in [0.2, 0.25) is 0 Å². The molecule has 1 aromatic carbocycles. The maximum Gasteiger partial charge on any atom is 0.271 e. The zero-order valence-electron chi connectivity index (χ0n) is 16.1. The van der Waals surface area contributed by atoms with Gasteiger partial charge in [-0.2, -0.15) is 0 Å². The van der Waals surface area contributed by atoms with E-state index in [1.807, 2.05) is 19.1 Å². The number of fused-ring (bicyclic) bond motifs is 3. The van der Waals surface area contributed by atoms with E-state index >= 15 is 0 Å². The molecule has 4 rings (SSSR count). The highest BCUT2D eigenvalue weighted by molar-refractivity contribution is 7.94. The lowest BCUT2D eigenvalue weighted by atomic mass is 9.71. The van der Waals surface area contributed by atoms with Gasteiger partial charge in [-0.3, -0.25) is 4.72 Å². The van der Waals surface area contributed by atoms with E-state index in [0.29, 0.717) is 15.8 Å². The lowest BCUT2D eigenvalue weighted by Crippen LogP contribution is -2.26. The van der Waals surface area contributed by atoms with Crippen LogP contribution in [0.2, 0.25) is 0 Å². The predicted molar refractivity (Wildman–Crippen MR) is 111 cm³/mol. The normalized spacial score (nSPS) is 17.9. The number of rotatable bonds is 3. The van der Waals surface area contributed by atoms with Crippen LogP contribution in [0.3, 0.4) is 0 Å². The maximum atomic E-state index is 12.6. The largest absolute Gasteiger partial charge is 0.461 e. The molecule has 1 aliphatic rings. The third kappa shape index (κ3) is 3.41. The summed E-state index contributed by atoms with van der Waals surface area (Å²) < 4.78 is 34.5. The summed E-state index contributed by atoms with van der Waals surface area (Å²) in [4.78, 5) is 0. The van der Waals surface area contributed by atoms with Crippen molar-refractivity contribution in [2.75, 3.05) is 4.72 Å². The Balaban J connectivity index is 1.75. The Kier molecular flexibility index (Phi) is 4.39. The van der Waals surface area contributed by atoms with Crippen LogP contribution in [0.25, 0.3) is 11.0 Å². The summed E-state index contributed by atoms with van der Waals surface area (Å²) in [7, 11) is -3.56. The van der Waals surface area contributed by atoms with Crippen molar-refractivity contribution >= 4 is 38.0 Å².